The Bertz CT molecular complexity index is 1340. The maximum Gasteiger partial charge on any atom is 0.254 e. The maximum absolute atomic E-state index is 15.4. The highest BCUT2D eigenvalue weighted by Gasteiger charge is 2.22. The lowest BCUT2D eigenvalue weighted by Gasteiger charge is -2.14. The zero-order valence-electron chi connectivity index (χ0n) is 17.5. The van der Waals surface area contributed by atoms with Gasteiger partial charge in [0.25, 0.3) is 5.91 Å². The smallest absolute Gasteiger partial charge is 0.254 e. The molecule has 10 heteroatoms. The molecule has 4 N–H and O–H groups in total. The zero-order valence-corrected chi connectivity index (χ0v) is 18.3. The van der Waals surface area contributed by atoms with Crippen LogP contribution in [0.1, 0.15) is 34.0 Å². The minimum Gasteiger partial charge on any atom is -0.388 e. The van der Waals surface area contributed by atoms with E-state index in [9.17, 15) is 14.3 Å². The summed E-state index contributed by atoms with van der Waals surface area (Å²) in [6.45, 7) is 1.69. The molecule has 0 bridgehead atoms. The number of rotatable bonds is 6. The van der Waals surface area contributed by atoms with E-state index >= 15 is 4.39 Å². The van der Waals surface area contributed by atoms with E-state index in [1.165, 1.54) is 24.4 Å². The first-order valence-corrected chi connectivity index (χ1v) is 10.5. The Kier molecular flexibility index (Phi) is 6.26. The number of hydrogen-bond donors (Lipinski definition) is 3. The predicted octanol–water partition coefficient (Wildman–Crippen LogP) is 4.07. The van der Waals surface area contributed by atoms with Gasteiger partial charge in [0, 0.05) is 28.9 Å². The number of benzene rings is 2. The van der Waals surface area contributed by atoms with Crippen LogP contribution in [0.5, 0.6) is 0 Å². The van der Waals surface area contributed by atoms with Crippen molar-refractivity contribution in [3.8, 4) is 11.1 Å². The largest absolute Gasteiger partial charge is 0.388 e. The van der Waals surface area contributed by atoms with E-state index in [0.29, 0.717) is 16.1 Å². The third-order valence-electron chi connectivity index (χ3n) is 5.29. The molecule has 33 heavy (non-hydrogen) atoms. The average Bonchev–Trinajstić information content (AvgIpc) is 3.16. The van der Waals surface area contributed by atoms with Gasteiger partial charge in [0.2, 0.25) is 5.95 Å². The number of aryl methyl sites for hydroxylation is 1. The summed E-state index contributed by atoms with van der Waals surface area (Å²) >= 11 is 5.85. The van der Waals surface area contributed by atoms with E-state index in [-0.39, 0.29) is 41.3 Å². The molecule has 0 aliphatic carbocycles. The number of aromatic nitrogens is 3. The van der Waals surface area contributed by atoms with Gasteiger partial charge in [-0.3, -0.25) is 4.79 Å². The first-order valence-electron chi connectivity index (χ1n) is 10.1. The van der Waals surface area contributed by atoms with Gasteiger partial charge in [-0.2, -0.15) is 4.98 Å². The lowest BCUT2D eigenvalue weighted by atomic mass is 9.98. The van der Waals surface area contributed by atoms with Gasteiger partial charge in [0.05, 0.1) is 11.7 Å². The summed E-state index contributed by atoms with van der Waals surface area (Å²) < 4.78 is 31.5. The van der Waals surface area contributed by atoms with Crippen molar-refractivity contribution in [2.45, 2.75) is 19.4 Å². The van der Waals surface area contributed by atoms with Gasteiger partial charge in [-0.1, -0.05) is 35.9 Å². The monoisotopic (exact) mass is 471 g/mol. The predicted molar refractivity (Wildman–Crippen MR) is 121 cm³/mol. The Labute approximate surface area is 192 Å². The quantitative estimate of drug-likeness (QED) is 0.393. The molecule has 0 unspecified atom stereocenters. The van der Waals surface area contributed by atoms with Crippen LogP contribution in [0.15, 0.2) is 48.7 Å². The molecule has 0 saturated carbocycles. The lowest BCUT2D eigenvalue weighted by molar-refractivity contribution is 0.0938. The summed E-state index contributed by atoms with van der Waals surface area (Å²) in [6, 6.07) is 11.0. The van der Waals surface area contributed by atoms with E-state index in [0.717, 1.165) is 4.52 Å². The molecule has 0 saturated heterocycles. The molecule has 0 aliphatic rings. The number of carbonyl (C=O) groups is 1. The number of carbonyl (C=O) groups excluding carboxylic acids is 1. The second-order valence-electron chi connectivity index (χ2n) is 7.51. The fourth-order valence-corrected chi connectivity index (χ4v) is 3.69. The number of aliphatic hydroxyl groups excluding tert-OH is 1. The molecule has 1 atom stereocenters. The van der Waals surface area contributed by atoms with Crippen LogP contribution in [0, 0.1) is 18.6 Å². The van der Waals surface area contributed by atoms with Crippen LogP contribution < -0.4 is 11.1 Å². The van der Waals surface area contributed by atoms with Crippen LogP contribution in [0.3, 0.4) is 0 Å². The van der Waals surface area contributed by atoms with Crippen molar-refractivity contribution in [2.24, 2.45) is 0 Å². The summed E-state index contributed by atoms with van der Waals surface area (Å²) in [7, 11) is 0. The molecule has 4 aromatic rings. The molecular weight excluding hydrogens is 452 g/mol. The number of pyridine rings is 1. The standard InChI is InChI=1S/C23H20ClF2N5O2/c1-12-2-7-15(16-9-11-31-21(20(16)26)29-23(27)30-31)19(25)18(12)22(33)28-10-8-17(32)13-3-5-14(24)6-4-13/h2-7,9,11,17,32H,8,10H2,1H3,(H2,27,30)(H,28,33)/t17-/m0/s1. The molecule has 4 rings (SSSR count). The lowest BCUT2D eigenvalue weighted by Crippen LogP contribution is -2.27. The van der Waals surface area contributed by atoms with E-state index in [1.807, 2.05) is 0 Å². The van der Waals surface area contributed by atoms with E-state index < -0.39 is 23.6 Å². The number of anilines is 1. The summed E-state index contributed by atoms with van der Waals surface area (Å²) in [4.78, 5) is 16.6. The number of halogens is 3. The molecule has 0 radical (unpaired) electrons. The Morgan fingerprint density at radius 3 is 2.58 bits per heavy atom. The van der Waals surface area contributed by atoms with E-state index in [1.54, 1.807) is 31.2 Å². The topological polar surface area (TPSA) is 106 Å². The van der Waals surface area contributed by atoms with E-state index in [4.69, 9.17) is 17.3 Å². The Hall–Kier alpha value is -3.56. The Morgan fingerprint density at radius 2 is 1.85 bits per heavy atom. The van der Waals surface area contributed by atoms with Crippen LogP contribution in [-0.2, 0) is 0 Å². The third-order valence-corrected chi connectivity index (χ3v) is 5.54. The highest BCUT2D eigenvalue weighted by atomic mass is 35.5. The molecule has 0 aliphatic heterocycles. The molecule has 2 aromatic heterocycles. The van der Waals surface area contributed by atoms with Crippen LogP contribution in [0.4, 0.5) is 14.7 Å². The van der Waals surface area contributed by atoms with Crippen molar-refractivity contribution in [1.29, 1.82) is 0 Å². The first-order chi connectivity index (χ1) is 15.8. The molecule has 2 aromatic carbocycles. The van der Waals surface area contributed by atoms with Crippen LogP contribution >= 0.6 is 11.6 Å². The summed E-state index contributed by atoms with van der Waals surface area (Å²) in [5.74, 6) is -2.44. The summed E-state index contributed by atoms with van der Waals surface area (Å²) in [6.07, 6.45) is 0.804. The fourth-order valence-electron chi connectivity index (χ4n) is 3.56. The molecule has 0 fully saturated rings. The number of hydrogen-bond acceptors (Lipinski definition) is 5. The molecule has 7 nitrogen and oxygen atoms in total. The molecular formula is C23H20ClF2N5O2. The van der Waals surface area contributed by atoms with Crippen molar-refractivity contribution in [1.82, 2.24) is 19.9 Å². The fraction of sp³-hybridized carbons (Fsp3) is 0.174. The van der Waals surface area contributed by atoms with Crippen LogP contribution in [0.25, 0.3) is 16.8 Å². The Morgan fingerprint density at radius 1 is 1.15 bits per heavy atom. The van der Waals surface area contributed by atoms with Gasteiger partial charge in [-0.15, -0.1) is 5.10 Å². The highest BCUT2D eigenvalue weighted by molar-refractivity contribution is 6.30. The van der Waals surface area contributed by atoms with Gasteiger partial charge in [0.15, 0.2) is 11.5 Å². The van der Waals surface area contributed by atoms with Crippen LogP contribution in [0.2, 0.25) is 5.02 Å². The minimum absolute atomic E-state index is 0.0698. The van der Waals surface area contributed by atoms with Gasteiger partial charge in [-0.25, -0.2) is 13.3 Å². The number of nitrogens with two attached hydrogens (primary N) is 1. The molecule has 170 valence electrons. The number of nitrogens with zero attached hydrogens (tertiary/aromatic N) is 3. The normalized spacial score (nSPS) is 12.2. The molecule has 1 amide bonds. The van der Waals surface area contributed by atoms with Crippen molar-refractivity contribution in [3.63, 3.8) is 0 Å². The second kappa shape index (κ2) is 9.13. The molecule has 2 heterocycles. The highest BCUT2D eigenvalue weighted by Crippen LogP contribution is 2.30. The van der Waals surface area contributed by atoms with Crippen molar-refractivity contribution in [3.05, 3.63) is 82.0 Å². The van der Waals surface area contributed by atoms with Crippen molar-refractivity contribution < 1.29 is 18.7 Å². The zero-order chi connectivity index (χ0) is 23.7. The summed E-state index contributed by atoms with van der Waals surface area (Å²) in [5, 5.41) is 17.3. The van der Waals surface area contributed by atoms with Gasteiger partial charge < -0.3 is 16.2 Å². The Balaban J connectivity index is 1.55. The number of fused-ring (bicyclic) bond motifs is 1. The van der Waals surface area contributed by atoms with Gasteiger partial charge >= 0.3 is 0 Å². The number of aliphatic hydroxyl groups is 1. The number of amides is 1. The van der Waals surface area contributed by atoms with Gasteiger partial charge in [-0.05, 0) is 42.7 Å². The second-order valence-corrected chi connectivity index (χ2v) is 7.95. The maximum atomic E-state index is 15.4. The van der Waals surface area contributed by atoms with Crippen molar-refractivity contribution in [2.75, 3.05) is 12.3 Å². The van der Waals surface area contributed by atoms with E-state index in [2.05, 4.69) is 15.4 Å². The third kappa shape index (κ3) is 4.50. The van der Waals surface area contributed by atoms with Crippen LogP contribution in [-0.4, -0.2) is 32.2 Å². The minimum atomic E-state index is -0.860. The average molecular weight is 472 g/mol. The number of nitrogen functional groups attached to an aromatic ring is 1. The first kappa shape index (κ1) is 22.6. The van der Waals surface area contributed by atoms with Gasteiger partial charge in [0.1, 0.15) is 5.82 Å². The SMILES string of the molecule is Cc1ccc(-c2ccn3nc(N)nc3c2F)c(F)c1C(=O)NCC[C@H](O)c1ccc(Cl)cc1. The number of nitrogens with one attached hydrogen (secondary N) is 1. The summed E-state index contributed by atoms with van der Waals surface area (Å²) in [5.41, 5.74) is 6.05. The van der Waals surface area contributed by atoms with Crippen molar-refractivity contribution >= 4 is 29.1 Å². The molecule has 0 spiro atoms.